The van der Waals surface area contributed by atoms with Crippen LogP contribution in [0.4, 0.5) is 13.2 Å². The Bertz CT molecular complexity index is 980. The lowest BCUT2D eigenvalue weighted by Gasteiger charge is -2.37. The number of fused-ring (bicyclic) bond motifs is 1. The van der Waals surface area contributed by atoms with Gasteiger partial charge in [0.05, 0.1) is 5.56 Å². The van der Waals surface area contributed by atoms with Crippen molar-refractivity contribution in [3.63, 3.8) is 0 Å². The Morgan fingerprint density at radius 2 is 1.69 bits per heavy atom. The van der Waals surface area contributed by atoms with Gasteiger partial charge in [-0.3, -0.25) is 9.59 Å². The molecule has 2 fully saturated rings. The first kappa shape index (κ1) is 24.2. The summed E-state index contributed by atoms with van der Waals surface area (Å²) in [6.07, 6.45) is -4.43. The molecular formula is C25H31F3N2O2. The number of alkyl halides is 3. The summed E-state index contributed by atoms with van der Waals surface area (Å²) in [4.78, 5) is 27.8. The summed E-state index contributed by atoms with van der Waals surface area (Å²) in [6.45, 7) is 15.0. The predicted molar refractivity (Wildman–Crippen MR) is 116 cm³/mol. The quantitative estimate of drug-likeness (QED) is 0.679. The Morgan fingerprint density at radius 3 is 2.12 bits per heavy atom. The van der Waals surface area contributed by atoms with Crippen LogP contribution in [0.2, 0.25) is 0 Å². The first-order valence-electron chi connectivity index (χ1n) is 10.8. The molecule has 1 aromatic rings. The second kappa shape index (κ2) is 7.54. The molecule has 7 heteroatoms. The third-order valence-corrected chi connectivity index (χ3v) is 7.53. The summed E-state index contributed by atoms with van der Waals surface area (Å²) in [7, 11) is 0. The molecule has 174 valence electrons. The van der Waals surface area contributed by atoms with Crippen molar-refractivity contribution in [1.29, 1.82) is 0 Å². The van der Waals surface area contributed by atoms with Crippen LogP contribution in [0.25, 0.3) is 0 Å². The minimum Gasteiger partial charge on any atom is -0.337 e. The number of benzene rings is 1. The predicted octanol–water partition coefficient (Wildman–Crippen LogP) is 4.48. The highest BCUT2D eigenvalue weighted by atomic mass is 19.4. The van der Waals surface area contributed by atoms with E-state index in [4.69, 9.17) is 0 Å². The fourth-order valence-corrected chi connectivity index (χ4v) is 5.36. The maximum atomic E-state index is 13.4. The van der Waals surface area contributed by atoms with E-state index in [1.54, 1.807) is 0 Å². The van der Waals surface area contributed by atoms with Gasteiger partial charge in [-0.1, -0.05) is 47.5 Å². The third-order valence-electron chi connectivity index (χ3n) is 7.53. The highest BCUT2D eigenvalue weighted by Gasteiger charge is 2.75. The molecule has 1 saturated heterocycles. The maximum Gasteiger partial charge on any atom is 0.416 e. The van der Waals surface area contributed by atoms with Crippen LogP contribution >= 0.6 is 0 Å². The number of hydrogen-bond acceptors (Lipinski definition) is 2. The Hall–Kier alpha value is -2.49. The van der Waals surface area contributed by atoms with Crippen molar-refractivity contribution < 1.29 is 22.8 Å². The average Bonchev–Trinajstić information content (AvgIpc) is 2.93. The number of nitrogens with one attached hydrogen (secondary N) is 1. The number of nitrogens with zero attached hydrogens (tertiary/aromatic N) is 1. The van der Waals surface area contributed by atoms with E-state index < -0.39 is 29.1 Å². The van der Waals surface area contributed by atoms with Gasteiger partial charge in [-0.15, -0.1) is 0 Å². The lowest BCUT2D eigenvalue weighted by Crippen LogP contribution is -2.56. The number of halogens is 3. The fourth-order valence-electron chi connectivity index (χ4n) is 5.36. The van der Waals surface area contributed by atoms with Gasteiger partial charge < -0.3 is 10.2 Å². The lowest BCUT2D eigenvalue weighted by molar-refractivity contribution is -0.140. The molecule has 1 aliphatic heterocycles. The summed E-state index contributed by atoms with van der Waals surface area (Å²) in [5, 5.41) is 2.74. The topological polar surface area (TPSA) is 49.4 Å². The normalized spacial score (nSPS) is 27.1. The van der Waals surface area contributed by atoms with Gasteiger partial charge >= 0.3 is 6.18 Å². The van der Waals surface area contributed by atoms with Gasteiger partial charge in [-0.2, -0.15) is 13.2 Å². The Labute approximate surface area is 187 Å². The molecule has 32 heavy (non-hydrogen) atoms. The molecule has 2 amide bonds. The summed E-state index contributed by atoms with van der Waals surface area (Å²) in [5.41, 5.74) is -0.755. The van der Waals surface area contributed by atoms with Crippen molar-refractivity contribution in [3.05, 3.63) is 35.4 Å². The smallest absolute Gasteiger partial charge is 0.337 e. The van der Waals surface area contributed by atoms with E-state index in [0.717, 1.165) is 12.1 Å². The molecule has 4 nitrogen and oxygen atoms in total. The summed E-state index contributed by atoms with van der Waals surface area (Å²) in [5.74, 6) is 4.64. The second-order valence-corrected chi connectivity index (χ2v) is 10.9. The molecular weight excluding hydrogens is 417 g/mol. The van der Waals surface area contributed by atoms with Gasteiger partial charge in [0.2, 0.25) is 5.91 Å². The van der Waals surface area contributed by atoms with E-state index in [-0.39, 0.29) is 28.3 Å². The zero-order chi connectivity index (χ0) is 24.3. The lowest BCUT2D eigenvalue weighted by atomic mass is 9.85. The minimum atomic E-state index is -4.43. The monoisotopic (exact) mass is 448 g/mol. The molecule has 0 unspecified atom stereocenters. The third kappa shape index (κ3) is 4.12. The molecule has 1 heterocycles. The van der Waals surface area contributed by atoms with Gasteiger partial charge in [0.15, 0.2) is 0 Å². The fraction of sp³-hybridized carbons (Fsp3) is 0.600. The van der Waals surface area contributed by atoms with Crippen LogP contribution in [0, 0.1) is 34.0 Å². The largest absolute Gasteiger partial charge is 0.416 e. The van der Waals surface area contributed by atoms with Crippen LogP contribution in [-0.4, -0.2) is 35.3 Å². The van der Waals surface area contributed by atoms with Crippen LogP contribution in [0.3, 0.4) is 0 Å². The van der Waals surface area contributed by atoms with E-state index in [1.165, 1.54) is 12.1 Å². The molecule has 2 aliphatic rings. The van der Waals surface area contributed by atoms with E-state index in [2.05, 4.69) is 44.9 Å². The first-order chi connectivity index (χ1) is 14.5. The van der Waals surface area contributed by atoms with Gasteiger partial charge in [0.25, 0.3) is 5.91 Å². The molecule has 1 aromatic carbocycles. The molecule has 1 N–H and O–H groups in total. The van der Waals surface area contributed by atoms with Gasteiger partial charge in [-0.25, -0.2) is 0 Å². The highest BCUT2D eigenvalue weighted by molar-refractivity contribution is 5.98. The van der Waals surface area contributed by atoms with E-state index >= 15 is 0 Å². The van der Waals surface area contributed by atoms with Crippen LogP contribution in [0.1, 0.15) is 59.6 Å². The summed E-state index contributed by atoms with van der Waals surface area (Å²) in [6, 6.07) is 3.61. The molecule has 1 aliphatic carbocycles. The molecule has 1 saturated carbocycles. The van der Waals surface area contributed by atoms with Crippen molar-refractivity contribution >= 4 is 11.8 Å². The summed E-state index contributed by atoms with van der Waals surface area (Å²) >= 11 is 0. The maximum absolute atomic E-state index is 13.4. The number of amides is 2. The van der Waals surface area contributed by atoms with Crippen LogP contribution in [0.5, 0.6) is 0 Å². The van der Waals surface area contributed by atoms with Crippen LogP contribution in [0.15, 0.2) is 24.3 Å². The molecule has 0 aromatic heterocycles. The average molecular weight is 449 g/mol. The van der Waals surface area contributed by atoms with Crippen molar-refractivity contribution in [1.82, 2.24) is 10.2 Å². The number of carbonyl (C=O) groups is 2. The number of carbonyl (C=O) groups excluding carboxylic acids is 2. The van der Waals surface area contributed by atoms with Gasteiger partial charge in [0, 0.05) is 24.1 Å². The molecule has 0 radical (unpaired) electrons. The Kier molecular flexibility index (Phi) is 5.69. The first-order valence-corrected chi connectivity index (χ1v) is 10.8. The SMILES string of the molecule is C[C@@H]1[C@H]2C(C)(C)[C@@]2(C)CN1C(=O)[C@@H](NC(=O)C#Cc1ccc(C(F)(F)F)cc1)C(C)(C)C. The number of piperidine rings is 1. The van der Waals surface area contributed by atoms with Crippen LogP contribution < -0.4 is 5.32 Å². The van der Waals surface area contributed by atoms with Gasteiger partial charge in [-0.05, 0) is 53.4 Å². The number of likely N-dealkylation sites (tertiary alicyclic amines) is 1. The van der Waals surface area contributed by atoms with E-state index in [9.17, 15) is 22.8 Å². The summed E-state index contributed by atoms with van der Waals surface area (Å²) < 4.78 is 38.0. The molecule has 0 spiro atoms. The molecule has 0 bridgehead atoms. The van der Waals surface area contributed by atoms with E-state index in [1.807, 2.05) is 25.7 Å². The Morgan fingerprint density at radius 1 is 1.12 bits per heavy atom. The van der Waals surface area contributed by atoms with Crippen LogP contribution in [-0.2, 0) is 15.8 Å². The van der Waals surface area contributed by atoms with Crippen molar-refractivity contribution in [3.8, 4) is 11.8 Å². The zero-order valence-corrected chi connectivity index (χ0v) is 19.6. The zero-order valence-electron chi connectivity index (χ0n) is 19.6. The van der Waals surface area contributed by atoms with Crippen molar-refractivity contribution in [2.45, 2.75) is 66.7 Å². The van der Waals surface area contributed by atoms with Crippen molar-refractivity contribution in [2.24, 2.45) is 22.2 Å². The standard InChI is InChI=1S/C25H31F3N2O2/c1-15-19-23(5,6)24(19,7)14-30(15)21(32)20(22(2,3)4)29-18(31)13-10-16-8-11-17(12-9-16)25(26,27)28/h8-9,11-12,15,19-20H,14H2,1-7H3,(H,29,31)/t15-,19+,20-,24+/m1/s1. The molecule has 3 rings (SSSR count). The number of rotatable bonds is 2. The van der Waals surface area contributed by atoms with Crippen molar-refractivity contribution in [2.75, 3.05) is 6.54 Å². The Balaban J connectivity index is 1.72. The van der Waals surface area contributed by atoms with Gasteiger partial charge in [0.1, 0.15) is 6.04 Å². The van der Waals surface area contributed by atoms with E-state index in [0.29, 0.717) is 12.5 Å². The highest BCUT2D eigenvalue weighted by Crippen LogP contribution is 2.74. The molecule has 4 atom stereocenters. The second-order valence-electron chi connectivity index (χ2n) is 10.9. The number of hydrogen-bond donors (Lipinski definition) is 1. The minimum absolute atomic E-state index is 0.0803.